The van der Waals surface area contributed by atoms with Crippen molar-refractivity contribution in [1.82, 2.24) is 5.32 Å². The second-order valence-corrected chi connectivity index (χ2v) is 5.56. The average Bonchev–Trinajstić information content (AvgIpc) is 2.74. The maximum atomic E-state index is 11.7. The number of nitrogens with one attached hydrogen (secondary N) is 1. The van der Waals surface area contributed by atoms with Crippen molar-refractivity contribution in [2.45, 2.75) is 70.5 Å². The summed E-state index contributed by atoms with van der Waals surface area (Å²) in [5.74, 6) is 0.0873. The fraction of sp³-hybridized carbons (Fsp3) is 0.929. The zero-order valence-electron chi connectivity index (χ0n) is 11.6. The number of aliphatic hydroxyl groups is 2. The van der Waals surface area contributed by atoms with Crippen LogP contribution in [-0.4, -0.2) is 34.4 Å². The van der Waals surface area contributed by atoms with E-state index in [1.807, 2.05) is 13.8 Å². The van der Waals surface area contributed by atoms with E-state index >= 15 is 0 Å². The lowest BCUT2D eigenvalue weighted by atomic mass is 9.95. The van der Waals surface area contributed by atoms with Crippen LogP contribution in [0.1, 0.15) is 58.8 Å². The van der Waals surface area contributed by atoms with Crippen LogP contribution in [0.5, 0.6) is 0 Å². The number of carbonyl (C=O) groups is 1. The summed E-state index contributed by atoms with van der Waals surface area (Å²) in [4.78, 5) is 11.7. The second-order valence-electron chi connectivity index (χ2n) is 5.56. The fourth-order valence-corrected chi connectivity index (χ4v) is 2.79. The smallest absolute Gasteiger partial charge is 0.222 e. The number of hydrogen-bond donors (Lipinski definition) is 3. The van der Waals surface area contributed by atoms with Crippen LogP contribution in [0.3, 0.4) is 0 Å². The number of amides is 1. The minimum absolute atomic E-state index is 0.149. The van der Waals surface area contributed by atoms with Gasteiger partial charge in [-0.3, -0.25) is 4.79 Å². The van der Waals surface area contributed by atoms with E-state index in [1.165, 1.54) is 0 Å². The predicted molar refractivity (Wildman–Crippen MR) is 71.1 cm³/mol. The Hall–Kier alpha value is -0.610. The highest BCUT2D eigenvalue weighted by Gasteiger charge is 2.33. The van der Waals surface area contributed by atoms with Crippen molar-refractivity contribution in [1.29, 1.82) is 0 Å². The Balaban J connectivity index is 2.28. The topological polar surface area (TPSA) is 69.6 Å². The molecular weight excluding hydrogens is 230 g/mol. The molecule has 1 fully saturated rings. The van der Waals surface area contributed by atoms with Gasteiger partial charge in [0.1, 0.15) is 0 Å². The maximum Gasteiger partial charge on any atom is 0.222 e. The molecule has 1 saturated carbocycles. The lowest BCUT2D eigenvalue weighted by Crippen LogP contribution is -2.40. The average molecular weight is 257 g/mol. The van der Waals surface area contributed by atoms with Crippen LogP contribution < -0.4 is 5.32 Å². The highest BCUT2D eigenvalue weighted by atomic mass is 16.3. The fourth-order valence-electron chi connectivity index (χ4n) is 2.79. The van der Waals surface area contributed by atoms with Gasteiger partial charge in [-0.05, 0) is 18.8 Å². The summed E-state index contributed by atoms with van der Waals surface area (Å²) in [6, 6.07) is 0. The quantitative estimate of drug-likeness (QED) is 0.649. The zero-order chi connectivity index (χ0) is 13.6. The van der Waals surface area contributed by atoms with Crippen molar-refractivity contribution in [2.75, 3.05) is 6.54 Å². The van der Waals surface area contributed by atoms with Crippen LogP contribution in [0.25, 0.3) is 0 Å². The minimum atomic E-state index is -0.802. The summed E-state index contributed by atoms with van der Waals surface area (Å²) < 4.78 is 0. The molecule has 0 aliphatic heterocycles. The van der Waals surface area contributed by atoms with Crippen LogP contribution in [-0.2, 0) is 4.79 Å². The standard InChI is InChI=1S/C14H27NO3/c1-3-11(4-2)12(16)10-15-13(17)9-14(18)7-5-6-8-14/h11-12,16,18H,3-10H2,1-2H3,(H,15,17). The molecule has 0 saturated heterocycles. The second kappa shape index (κ2) is 7.10. The van der Waals surface area contributed by atoms with Gasteiger partial charge in [0, 0.05) is 6.54 Å². The van der Waals surface area contributed by atoms with Gasteiger partial charge in [0.2, 0.25) is 5.91 Å². The summed E-state index contributed by atoms with van der Waals surface area (Å²) in [5, 5.41) is 22.7. The largest absolute Gasteiger partial charge is 0.391 e. The molecule has 0 aromatic rings. The Kier molecular flexibility index (Phi) is 6.09. The summed E-state index contributed by atoms with van der Waals surface area (Å²) in [6.07, 6.45) is 4.95. The van der Waals surface area contributed by atoms with Crippen molar-refractivity contribution in [3.05, 3.63) is 0 Å². The molecule has 1 unspecified atom stereocenters. The van der Waals surface area contributed by atoms with E-state index in [-0.39, 0.29) is 18.2 Å². The van der Waals surface area contributed by atoms with E-state index in [0.717, 1.165) is 38.5 Å². The molecule has 4 nitrogen and oxygen atoms in total. The highest BCUT2D eigenvalue weighted by molar-refractivity contribution is 5.77. The molecule has 106 valence electrons. The van der Waals surface area contributed by atoms with Crippen molar-refractivity contribution in [2.24, 2.45) is 5.92 Å². The van der Waals surface area contributed by atoms with Gasteiger partial charge in [-0.25, -0.2) is 0 Å². The van der Waals surface area contributed by atoms with Gasteiger partial charge in [-0.15, -0.1) is 0 Å². The Morgan fingerprint density at radius 3 is 2.33 bits per heavy atom. The van der Waals surface area contributed by atoms with Gasteiger partial charge < -0.3 is 15.5 Å². The third-order valence-electron chi connectivity index (χ3n) is 4.13. The highest BCUT2D eigenvalue weighted by Crippen LogP contribution is 2.32. The first-order chi connectivity index (χ1) is 8.50. The van der Waals surface area contributed by atoms with Crippen molar-refractivity contribution in [3.8, 4) is 0 Å². The molecule has 0 bridgehead atoms. The third kappa shape index (κ3) is 4.58. The monoisotopic (exact) mass is 257 g/mol. The number of aliphatic hydroxyl groups excluding tert-OH is 1. The lowest BCUT2D eigenvalue weighted by molar-refractivity contribution is -0.126. The van der Waals surface area contributed by atoms with Crippen LogP contribution in [0.4, 0.5) is 0 Å². The molecule has 1 aliphatic carbocycles. The molecule has 3 N–H and O–H groups in total. The Labute approximate surface area is 110 Å². The molecule has 0 radical (unpaired) electrons. The summed E-state index contributed by atoms with van der Waals surface area (Å²) in [5.41, 5.74) is -0.802. The van der Waals surface area contributed by atoms with Crippen LogP contribution in [0.2, 0.25) is 0 Å². The molecule has 4 heteroatoms. The molecule has 1 aliphatic rings. The molecular formula is C14H27NO3. The first-order valence-electron chi connectivity index (χ1n) is 7.18. The normalized spacial score (nSPS) is 20.1. The molecule has 0 aromatic heterocycles. The first-order valence-corrected chi connectivity index (χ1v) is 7.18. The van der Waals surface area contributed by atoms with Crippen LogP contribution in [0, 0.1) is 5.92 Å². The van der Waals surface area contributed by atoms with Gasteiger partial charge in [0.05, 0.1) is 18.1 Å². The van der Waals surface area contributed by atoms with E-state index in [1.54, 1.807) is 0 Å². The van der Waals surface area contributed by atoms with E-state index in [0.29, 0.717) is 6.54 Å². The van der Waals surface area contributed by atoms with Crippen molar-refractivity contribution < 1.29 is 15.0 Å². The van der Waals surface area contributed by atoms with Gasteiger partial charge in [-0.2, -0.15) is 0 Å². The van der Waals surface area contributed by atoms with E-state index in [4.69, 9.17) is 0 Å². The molecule has 0 heterocycles. The van der Waals surface area contributed by atoms with Gasteiger partial charge in [0.25, 0.3) is 0 Å². The molecule has 0 spiro atoms. The lowest BCUT2D eigenvalue weighted by Gasteiger charge is -2.23. The molecule has 1 atom stereocenters. The maximum absolute atomic E-state index is 11.7. The predicted octanol–water partition coefficient (Wildman–Crippen LogP) is 1.59. The Morgan fingerprint density at radius 2 is 1.83 bits per heavy atom. The third-order valence-corrected chi connectivity index (χ3v) is 4.13. The molecule has 18 heavy (non-hydrogen) atoms. The number of hydrogen-bond acceptors (Lipinski definition) is 3. The van der Waals surface area contributed by atoms with Crippen molar-refractivity contribution in [3.63, 3.8) is 0 Å². The number of carbonyl (C=O) groups excluding carboxylic acids is 1. The van der Waals surface area contributed by atoms with E-state index in [2.05, 4.69) is 5.32 Å². The van der Waals surface area contributed by atoms with Crippen LogP contribution >= 0.6 is 0 Å². The zero-order valence-corrected chi connectivity index (χ0v) is 11.6. The van der Waals surface area contributed by atoms with Crippen molar-refractivity contribution >= 4 is 5.91 Å². The Bertz CT molecular complexity index is 258. The SMILES string of the molecule is CCC(CC)C(O)CNC(=O)CC1(O)CCCC1. The minimum Gasteiger partial charge on any atom is -0.391 e. The van der Waals surface area contributed by atoms with Gasteiger partial charge in [-0.1, -0.05) is 39.5 Å². The van der Waals surface area contributed by atoms with Crippen LogP contribution in [0.15, 0.2) is 0 Å². The first kappa shape index (κ1) is 15.4. The molecule has 0 aromatic carbocycles. The summed E-state index contributed by atoms with van der Waals surface area (Å²) in [7, 11) is 0. The number of rotatable bonds is 7. The molecule has 1 amide bonds. The van der Waals surface area contributed by atoms with E-state index < -0.39 is 11.7 Å². The summed E-state index contributed by atoms with van der Waals surface area (Å²) >= 11 is 0. The van der Waals surface area contributed by atoms with Gasteiger partial charge in [0.15, 0.2) is 0 Å². The van der Waals surface area contributed by atoms with Gasteiger partial charge >= 0.3 is 0 Å². The molecule has 1 rings (SSSR count). The van der Waals surface area contributed by atoms with E-state index in [9.17, 15) is 15.0 Å². The Morgan fingerprint density at radius 1 is 1.28 bits per heavy atom. The summed E-state index contributed by atoms with van der Waals surface area (Å²) in [6.45, 7) is 4.38.